The molecule has 0 aliphatic carbocycles. The summed E-state index contributed by atoms with van der Waals surface area (Å²) in [5.74, 6) is -0.409. The van der Waals surface area contributed by atoms with E-state index in [4.69, 9.17) is 11.6 Å². The summed E-state index contributed by atoms with van der Waals surface area (Å²) in [6.45, 7) is -2.87. The van der Waals surface area contributed by atoms with Gasteiger partial charge < -0.3 is 10.1 Å². The van der Waals surface area contributed by atoms with E-state index in [1.165, 1.54) is 12.1 Å². The summed E-state index contributed by atoms with van der Waals surface area (Å²) < 4.78 is 28.9. The van der Waals surface area contributed by atoms with Crippen LogP contribution in [0.5, 0.6) is 5.75 Å². The molecule has 114 valence electrons. The molecule has 1 heterocycles. The molecule has 0 radical (unpaired) electrons. The maximum absolute atomic E-state index is 12.3. The van der Waals surface area contributed by atoms with Crippen molar-refractivity contribution >= 4 is 23.2 Å². The molecule has 1 amide bonds. The third kappa shape index (κ3) is 3.04. The van der Waals surface area contributed by atoms with Crippen LogP contribution in [-0.4, -0.2) is 12.5 Å². The third-order valence-electron chi connectivity index (χ3n) is 3.53. The van der Waals surface area contributed by atoms with Gasteiger partial charge >= 0.3 is 6.61 Å². The number of benzene rings is 2. The van der Waals surface area contributed by atoms with Crippen molar-refractivity contribution in [1.82, 2.24) is 0 Å². The Kier molecular flexibility index (Phi) is 3.98. The Balaban J connectivity index is 1.83. The number of amides is 1. The first kappa shape index (κ1) is 14.8. The van der Waals surface area contributed by atoms with Crippen molar-refractivity contribution in [2.75, 3.05) is 5.32 Å². The summed E-state index contributed by atoms with van der Waals surface area (Å²) in [6.07, 6.45) is 0.404. The van der Waals surface area contributed by atoms with Gasteiger partial charge in [0.25, 0.3) is 0 Å². The Morgan fingerprint density at radius 3 is 2.82 bits per heavy atom. The van der Waals surface area contributed by atoms with Gasteiger partial charge in [-0.1, -0.05) is 29.8 Å². The molecule has 0 aromatic heterocycles. The van der Waals surface area contributed by atoms with E-state index in [2.05, 4.69) is 10.1 Å². The lowest BCUT2D eigenvalue weighted by Crippen LogP contribution is -2.14. The molecule has 2 aromatic carbocycles. The zero-order valence-corrected chi connectivity index (χ0v) is 12.1. The molecule has 3 rings (SSSR count). The van der Waals surface area contributed by atoms with Crippen molar-refractivity contribution in [3.63, 3.8) is 0 Å². The number of anilines is 1. The van der Waals surface area contributed by atoms with Crippen molar-refractivity contribution < 1.29 is 18.3 Å². The topological polar surface area (TPSA) is 38.3 Å². The summed E-state index contributed by atoms with van der Waals surface area (Å²) in [7, 11) is 0. The van der Waals surface area contributed by atoms with Crippen molar-refractivity contribution in [1.29, 1.82) is 0 Å². The summed E-state index contributed by atoms with van der Waals surface area (Å²) >= 11 is 5.91. The van der Waals surface area contributed by atoms with Crippen LogP contribution in [0.3, 0.4) is 0 Å². The van der Waals surface area contributed by atoms with E-state index in [9.17, 15) is 13.6 Å². The van der Waals surface area contributed by atoms with Gasteiger partial charge in [-0.2, -0.15) is 8.78 Å². The van der Waals surface area contributed by atoms with Crippen LogP contribution in [0.2, 0.25) is 5.02 Å². The van der Waals surface area contributed by atoms with Crippen LogP contribution in [0.25, 0.3) is 0 Å². The van der Waals surface area contributed by atoms with Crippen LogP contribution in [0.15, 0.2) is 42.5 Å². The Morgan fingerprint density at radius 1 is 1.23 bits per heavy atom. The predicted molar refractivity (Wildman–Crippen MR) is 79.6 cm³/mol. The fraction of sp³-hybridized carbons (Fsp3) is 0.188. The standard InChI is InChI=1S/C16H12ClF2NO2/c17-10-4-5-12-13(15(21)20-14(12)8-10)7-9-2-1-3-11(6-9)22-16(18)19/h1-6,8,13,16H,7H2,(H,20,21)/t13-/m0/s1. The number of rotatable bonds is 4. The normalized spacial score (nSPS) is 16.5. The molecule has 0 saturated carbocycles. The fourth-order valence-corrected chi connectivity index (χ4v) is 2.76. The highest BCUT2D eigenvalue weighted by molar-refractivity contribution is 6.31. The van der Waals surface area contributed by atoms with Crippen LogP contribution in [-0.2, 0) is 11.2 Å². The number of nitrogens with one attached hydrogen (secondary N) is 1. The van der Waals surface area contributed by atoms with Crippen LogP contribution in [0.4, 0.5) is 14.5 Å². The van der Waals surface area contributed by atoms with Crippen LogP contribution in [0, 0.1) is 0 Å². The Labute approximate surface area is 130 Å². The highest BCUT2D eigenvalue weighted by Crippen LogP contribution is 2.36. The molecule has 0 fully saturated rings. The van der Waals surface area contributed by atoms with Crippen LogP contribution >= 0.6 is 11.6 Å². The number of halogens is 3. The SMILES string of the molecule is O=C1Nc2cc(Cl)ccc2[C@@H]1Cc1cccc(OC(F)F)c1. The van der Waals surface area contributed by atoms with Gasteiger partial charge in [0, 0.05) is 10.7 Å². The molecule has 22 heavy (non-hydrogen) atoms. The van der Waals surface area contributed by atoms with Crippen molar-refractivity contribution in [3.8, 4) is 5.75 Å². The van der Waals surface area contributed by atoms with Gasteiger partial charge in [-0.15, -0.1) is 0 Å². The summed E-state index contributed by atoms with van der Waals surface area (Å²) in [4.78, 5) is 12.1. The molecule has 0 unspecified atom stereocenters. The minimum Gasteiger partial charge on any atom is -0.435 e. The first-order chi connectivity index (χ1) is 10.5. The number of ether oxygens (including phenoxy) is 1. The smallest absolute Gasteiger partial charge is 0.387 e. The molecule has 1 aliphatic heterocycles. The molecule has 1 atom stereocenters. The van der Waals surface area contributed by atoms with Gasteiger partial charge in [0.05, 0.1) is 5.92 Å². The van der Waals surface area contributed by atoms with Crippen molar-refractivity contribution in [2.45, 2.75) is 19.0 Å². The zero-order chi connectivity index (χ0) is 15.7. The molecule has 6 heteroatoms. The molecular formula is C16H12ClF2NO2. The molecule has 1 N–H and O–H groups in total. The fourth-order valence-electron chi connectivity index (χ4n) is 2.59. The van der Waals surface area contributed by atoms with Gasteiger partial charge in [0.2, 0.25) is 5.91 Å². The van der Waals surface area contributed by atoms with Gasteiger partial charge in [0.1, 0.15) is 5.75 Å². The molecule has 0 bridgehead atoms. The first-order valence-corrected chi connectivity index (χ1v) is 7.05. The minimum atomic E-state index is -2.87. The quantitative estimate of drug-likeness (QED) is 0.915. The van der Waals surface area contributed by atoms with Crippen molar-refractivity contribution in [2.24, 2.45) is 0 Å². The number of fused-ring (bicyclic) bond motifs is 1. The lowest BCUT2D eigenvalue weighted by atomic mass is 9.93. The predicted octanol–water partition coefficient (Wildman–Crippen LogP) is 4.22. The summed E-state index contributed by atoms with van der Waals surface area (Å²) in [5.41, 5.74) is 2.30. The molecule has 2 aromatic rings. The molecule has 1 aliphatic rings. The average molecular weight is 324 g/mol. The van der Waals surface area contributed by atoms with E-state index in [1.807, 2.05) is 0 Å². The minimum absolute atomic E-state index is 0.0854. The summed E-state index contributed by atoms with van der Waals surface area (Å²) in [6, 6.07) is 11.6. The highest BCUT2D eigenvalue weighted by atomic mass is 35.5. The second kappa shape index (κ2) is 5.93. The maximum atomic E-state index is 12.3. The monoisotopic (exact) mass is 323 g/mol. The lowest BCUT2D eigenvalue weighted by molar-refractivity contribution is -0.117. The average Bonchev–Trinajstić information content (AvgIpc) is 2.74. The zero-order valence-electron chi connectivity index (χ0n) is 11.4. The van der Waals surface area contributed by atoms with E-state index in [1.54, 1.807) is 30.3 Å². The van der Waals surface area contributed by atoms with Crippen molar-refractivity contribution in [3.05, 3.63) is 58.6 Å². The molecule has 3 nitrogen and oxygen atoms in total. The van der Waals surface area contributed by atoms with Gasteiger partial charge in [0.15, 0.2) is 0 Å². The van der Waals surface area contributed by atoms with Crippen LogP contribution in [0.1, 0.15) is 17.0 Å². The Bertz CT molecular complexity index is 721. The largest absolute Gasteiger partial charge is 0.435 e. The van der Waals surface area contributed by atoms with E-state index >= 15 is 0 Å². The van der Waals surface area contributed by atoms with E-state index in [0.29, 0.717) is 17.1 Å². The van der Waals surface area contributed by atoms with E-state index in [-0.39, 0.29) is 17.6 Å². The number of hydrogen-bond donors (Lipinski definition) is 1. The van der Waals surface area contributed by atoms with Gasteiger partial charge in [-0.05, 0) is 41.8 Å². The number of carbonyl (C=O) groups is 1. The molecular weight excluding hydrogens is 312 g/mol. The van der Waals surface area contributed by atoms with Gasteiger partial charge in [-0.25, -0.2) is 0 Å². The lowest BCUT2D eigenvalue weighted by Gasteiger charge is -2.11. The Hall–Kier alpha value is -2.14. The number of carbonyl (C=O) groups excluding carboxylic acids is 1. The van der Waals surface area contributed by atoms with Crippen LogP contribution < -0.4 is 10.1 Å². The van der Waals surface area contributed by atoms with Gasteiger partial charge in [-0.3, -0.25) is 4.79 Å². The first-order valence-electron chi connectivity index (χ1n) is 6.67. The second-order valence-corrected chi connectivity index (χ2v) is 5.44. The molecule has 0 spiro atoms. The molecule has 0 saturated heterocycles. The maximum Gasteiger partial charge on any atom is 0.387 e. The number of alkyl halides is 2. The number of hydrogen-bond acceptors (Lipinski definition) is 2. The summed E-state index contributed by atoms with van der Waals surface area (Å²) in [5, 5.41) is 3.33. The van der Waals surface area contributed by atoms with E-state index in [0.717, 1.165) is 11.1 Å². The third-order valence-corrected chi connectivity index (χ3v) is 3.76. The highest BCUT2D eigenvalue weighted by Gasteiger charge is 2.30. The second-order valence-electron chi connectivity index (χ2n) is 5.00. The Morgan fingerprint density at radius 2 is 2.05 bits per heavy atom. The van der Waals surface area contributed by atoms with E-state index < -0.39 is 6.61 Å².